The number of hydrogen-bond acceptors (Lipinski definition) is 7. The molecule has 0 fully saturated rings. The number of thiazole rings is 1. The van der Waals surface area contributed by atoms with Crippen LogP contribution >= 0.6 is 27.3 Å². The van der Waals surface area contributed by atoms with Gasteiger partial charge in [-0.25, -0.2) is 14.2 Å². The summed E-state index contributed by atoms with van der Waals surface area (Å²) in [4.78, 5) is 32.0. The first-order valence-corrected chi connectivity index (χ1v) is 14.4. The smallest absolute Gasteiger partial charge is 0.338 e. The topological polar surface area (TPSA) is 79.1 Å². The Hall–Kier alpha value is -4.02. The molecule has 7 nitrogen and oxygen atoms in total. The van der Waals surface area contributed by atoms with Crippen LogP contribution in [0, 0.1) is 5.82 Å². The second-order valence-corrected chi connectivity index (χ2v) is 11.0. The lowest BCUT2D eigenvalue weighted by Crippen LogP contribution is -2.40. The molecular weight excluding hydrogens is 611 g/mol. The van der Waals surface area contributed by atoms with Crippen molar-refractivity contribution in [2.24, 2.45) is 4.99 Å². The predicted molar refractivity (Wildman–Crippen MR) is 158 cm³/mol. The van der Waals surface area contributed by atoms with Crippen LogP contribution in [-0.4, -0.2) is 24.8 Å². The molecule has 5 rings (SSSR count). The summed E-state index contributed by atoms with van der Waals surface area (Å²) in [6.45, 7) is 2.06. The Morgan fingerprint density at radius 1 is 1.12 bits per heavy atom. The summed E-state index contributed by atoms with van der Waals surface area (Å²) >= 11 is 4.80. The lowest BCUT2D eigenvalue weighted by molar-refractivity contribution is -0.136. The van der Waals surface area contributed by atoms with E-state index >= 15 is 0 Å². The highest BCUT2D eigenvalue weighted by Gasteiger charge is 2.33. The van der Waals surface area contributed by atoms with Gasteiger partial charge < -0.3 is 14.2 Å². The number of nitrogens with zero attached hydrogens (tertiary/aromatic N) is 2. The fourth-order valence-electron chi connectivity index (χ4n) is 4.71. The molecule has 1 aliphatic rings. The van der Waals surface area contributed by atoms with E-state index in [1.54, 1.807) is 28.8 Å². The van der Waals surface area contributed by atoms with Crippen LogP contribution in [0.5, 0.6) is 11.5 Å². The van der Waals surface area contributed by atoms with Crippen LogP contribution in [-0.2, 0) is 16.1 Å². The maximum Gasteiger partial charge on any atom is 0.338 e. The second kappa shape index (κ2) is 12.2. The third kappa shape index (κ3) is 5.75. The molecule has 3 aromatic carbocycles. The molecule has 0 unspecified atom stereocenters. The number of fused-ring (bicyclic) bond motifs is 1. The highest BCUT2D eigenvalue weighted by molar-refractivity contribution is 9.10. The summed E-state index contributed by atoms with van der Waals surface area (Å²) in [5, 5.41) is 0. The van der Waals surface area contributed by atoms with Gasteiger partial charge in [0.1, 0.15) is 12.4 Å². The highest BCUT2D eigenvalue weighted by atomic mass is 79.9. The number of methoxy groups -OCH3 is 2. The van der Waals surface area contributed by atoms with Gasteiger partial charge in [0, 0.05) is 0 Å². The van der Waals surface area contributed by atoms with Crippen molar-refractivity contribution in [1.82, 2.24) is 4.57 Å². The first-order chi connectivity index (χ1) is 19.8. The number of halogens is 2. The molecule has 0 amide bonds. The maximum atomic E-state index is 13.9. The lowest BCUT2D eigenvalue weighted by atomic mass is 9.95. The zero-order valence-corrected chi connectivity index (χ0v) is 24.9. The number of esters is 1. The van der Waals surface area contributed by atoms with Crippen molar-refractivity contribution in [3.63, 3.8) is 0 Å². The van der Waals surface area contributed by atoms with Crippen molar-refractivity contribution < 1.29 is 23.4 Å². The van der Waals surface area contributed by atoms with E-state index in [0.29, 0.717) is 54.1 Å². The van der Waals surface area contributed by atoms with Crippen LogP contribution in [0.25, 0.3) is 6.08 Å². The van der Waals surface area contributed by atoms with Crippen molar-refractivity contribution in [3.05, 3.63) is 125 Å². The average Bonchev–Trinajstić information content (AvgIpc) is 3.29. The molecule has 0 radical (unpaired) electrons. The van der Waals surface area contributed by atoms with E-state index in [1.807, 2.05) is 43.3 Å². The molecule has 0 N–H and O–H groups in total. The monoisotopic (exact) mass is 636 g/mol. The first-order valence-electron chi connectivity index (χ1n) is 12.8. The molecule has 1 aliphatic heterocycles. The SMILES string of the molecule is CCC1=C(C(=O)OC)[C@@H](c2ccccc2)n2c(s/c(=C\c3cc(Br)c(OCc4cccc(F)c4)c(OC)c3)c2=O)=N1. The predicted octanol–water partition coefficient (Wildman–Crippen LogP) is 5.29. The Morgan fingerprint density at radius 3 is 2.59 bits per heavy atom. The van der Waals surface area contributed by atoms with Gasteiger partial charge in [-0.05, 0) is 69.4 Å². The molecule has 1 aromatic heterocycles. The molecular formula is C31H26BrFN2O5S. The van der Waals surface area contributed by atoms with Crippen LogP contribution in [0.2, 0.25) is 0 Å². The number of carbonyl (C=O) groups is 1. The van der Waals surface area contributed by atoms with E-state index in [4.69, 9.17) is 19.2 Å². The summed E-state index contributed by atoms with van der Waals surface area (Å²) < 4.78 is 32.8. The van der Waals surface area contributed by atoms with Crippen LogP contribution in [0.15, 0.2) is 92.3 Å². The van der Waals surface area contributed by atoms with Gasteiger partial charge in [-0.1, -0.05) is 60.7 Å². The quantitative estimate of drug-likeness (QED) is 0.246. The Labute approximate surface area is 248 Å². The highest BCUT2D eigenvalue weighted by Crippen LogP contribution is 2.37. The molecule has 0 saturated carbocycles. The van der Waals surface area contributed by atoms with Crippen molar-refractivity contribution >= 4 is 39.3 Å². The van der Waals surface area contributed by atoms with E-state index in [2.05, 4.69) is 15.9 Å². The summed E-state index contributed by atoms with van der Waals surface area (Å²) in [6, 6.07) is 18.5. The van der Waals surface area contributed by atoms with E-state index < -0.39 is 12.0 Å². The minimum Gasteiger partial charge on any atom is -0.493 e. The van der Waals surface area contributed by atoms with Crippen LogP contribution in [0.4, 0.5) is 4.39 Å². The van der Waals surface area contributed by atoms with Crippen molar-refractivity contribution in [3.8, 4) is 11.5 Å². The third-order valence-corrected chi connectivity index (χ3v) is 8.16. The van der Waals surface area contributed by atoms with Crippen LogP contribution in [0.3, 0.4) is 0 Å². The Balaban J connectivity index is 1.59. The zero-order chi connectivity index (χ0) is 29.1. The Kier molecular flexibility index (Phi) is 8.51. The van der Waals surface area contributed by atoms with Crippen LogP contribution < -0.4 is 24.4 Å². The van der Waals surface area contributed by atoms with E-state index in [0.717, 1.165) is 5.56 Å². The van der Waals surface area contributed by atoms with E-state index in [-0.39, 0.29) is 18.0 Å². The summed E-state index contributed by atoms with van der Waals surface area (Å²) in [5.74, 6) is 0.0393. The van der Waals surface area contributed by atoms with Crippen molar-refractivity contribution in [1.29, 1.82) is 0 Å². The summed E-state index contributed by atoms with van der Waals surface area (Å²) in [7, 11) is 2.85. The molecule has 0 aliphatic carbocycles. The fraction of sp³-hybridized carbons (Fsp3) is 0.194. The van der Waals surface area contributed by atoms with Gasteiger partial charge in [-0.15, -0.1) is 0 Å². The second-order valence-electron chi connectivity index (χ2n) is 9.15. The average molecular weight is 638 g/mol. The molecule has 0 spiro atoms. The normalized spacial score (nSPS) is 14.9. The van der Waals surface area contributed by atoms with Gasteiger partial charge in [0.05, 0.1) is 40.5 Å². The number of benzene rings is 3. The molecule has 10 heteroatoms. The Bertz CT molecular complexity index is 1830. The largest absolute Gasteiger partial charge is 0.493 e. The van der Waals surface area contributed by atoms with Crippen LogP contribution in [0.1, 0.15) is 36.1 Å². The number of hydrogen-bond donors (Lipinski definition) is 0. The Morgan fingerprint density at radius 2 is 1.90 bits per heavy atom. The molecule has 1 atom stereocenters. The molecule has 0 saturated heterocycles. The van der Waals surface area contributed by atoms with Gasteiger partial charge in [-0.2, -0.15) is 0 Å². The fourth-order valence-corrected chi connectivity index (χ4v) is 6.31. The molecule has 2 heterocycles. The van der Waals surface area contributed by atoms with Gasteiger partial charge >= 0.3 is 5.97 Å². The summed E-state index contributed by atoms with van der Waals surface area (Å²) in [5.41, 5.74) is 2.81. The van der Waals surface area contributed by atoms with Gasteiger partial charge in [0.2, 0.25) is 0 Å². The van der Waals surface area contributed by atoms with Gasteiger partial charge in [-0.3, -0.25) is 9.36 Å². The number of ether oxygens (including phenoxy) is 3. The van der Waals surface area contributed by atoms with Gasteiger partial charge in [0.15, 0.2) is 16.3 Å². The molecule has 210 valence electrons. The maximum absolute atomic E-state index is 13.9. The van der Waals surface area contributed by atoms with Crippen molar-refractivity contribution in [2.45, 2.75) is 26.0 Å². The van der Waals surface area contributed by atoms with E-state index in [9.17, 15) is 14.0 Å². The number of aromatic nitrogens is 1. The molecule has 41 heavy (non-hydrogen) atoms. The third-order valence-electron chi connectivity index (χ3n) is 6.59. The summed E-state index contributed by atoms with van der Waals surface area (Å²) in [6.07, 6.45) is 2.25. The van der Waals surface area contributed by atoms with Crippen molar-refractivity contribution in [2.75, 3.05) is 14.2 Å². The zero-order valence-electron chi connectivity index (χ0n) is 22.5. The van der Waals surface area contributed by atoms with E-state index in [1.165, 1.54) is 37.7 Å². The number of carbonyl (C=O) groups excluding carboxylic acids is 1. The molecule has 0 bridgehead atoms. The minimum atomic E-state index is -0.670. The molecule has 4 aromatic rings. The first kappa shape index (κ1) is 28.5. The number of rotatable bonds is 8. The number of allylic oxidation sites excluding steroid dienone is 1. The minimum absolute atomic E-state index is 0.145. The lowest BCUT2D eigenvalue weighted by Gasteiger charge is -2.25. The standard InChI is InChI=1S/C31H26BrFN2O5S/c1-4-23-26(30(37)39-3)27(20-10-6-5-7-11-20)35-29(36)25(41-31(35)34-23)16-19-14-22(32)28(24(15-19)38-2)40-17-18-9-8-12-21(33)13-18/h5-16,27H,4,17H2,1-3H3/b25-16-/t27-/m1/s1. The van der Waals surface area contributed by atoms with Gasteiger partial charge in [0.25, 0.3) is 5.56 Å².